The maximum Gasteiger partial charge on any atom is 0.138 e. The highest BCUT2D eigenvalue weighted by Crippen LogP contribution is 2.13. The predicted octanol–water partition coefficient (Wildman–Crippen LogP) is 1.21. The first-order valence-corrected chi connectivity index (χ1v) is 4.47. The van der Waals surface area contributed by atoms with Crippen LogP contribution >= 0.6 is 0 Å². The van der Waals surface area contributed by atoms with E-state index in [1.54, 1.807) is 0 Å². The summed E-state index contributed by atoms with van der Waals surface area (Å²) in [7, 11) is 0. The van der Waals surface area contributed by atoms with Crippen LogP contribution in [0.2, 0.25) is 0 Å². The van der Waals surface area contributed by atoms with Gasteiger partial charge in [-0.3, -0.25) is 4.79 Å². The molecule has 0 bridgehead atoms. The van der Waals surface area contributed by atoms with Crippen LogP contribution in [0.5, 0.6) is 0 Å². The average molecular weight is 155 g/mol. The van der Waals surface area contributed by atoms with Crippen molar-refractivity contribution in [2.24, 2.45) is 11.8 Å². The summed E-state index contributed by atoms with van der Waals surface area (Å²) in [5, 5.41) is 3.11. The van der Waals surface area contributed by atoms with E-state index in [0.29, 0.717) is 17.6 Å². The van der Waals surface area contributed by atoms with Crippen LogP contribution in [0.15, 0.2) is 0 Å². The summed E-state index contributed by atoms with van der Waals surface area (Å²) in [6, 6.07) is 0. The Bertz CT molecular complexity index is 140. The van der Waals surface area contributed by atoms with E-state index in [9.17, 15) is 4.79 Å². The molecule has 64 valence electrons. The number of rotatable bonds is 4. The fourth-order valence-electron chi connectivity index (χ4n) is 1.17. The smallest absolute Gasteiger partial charge is 0.138 e. The van der Waals surface area contributed by atoms with Crippen LogP contribution in [0.3, 0.4) is 0 Å². The summed E-state index contributed by atoms with van der Waals surface area (Å²) in [6.07, 6.45) is 1.90. The van der Waals surface area contributed by atoms with E-state index in [0.717, 1.165) is 25.9 Å². The summed E-state index contributed by atoms with van der Waals surface area (Å²) in [5.74, 6) is 1.37. The van der Waals surface area contributed by atoms with Crippen molar-refractivity contribution >= 4 is 5.78 Å². The van der Waals surface area contributed by atoms with E-state index in [1.165, 1.54) is 0 Å². The van der Waals surface area contributed by atoms with Crippen molar-refractivity contribution in [2.75, 3.05) is 13.1 Å². The van der Waals surface area contributed by atoms with Crippen molar-refractivity contribution < 1.29 is 4.79 Å². The molecule has 0 aromatic carbocycles. The lowest BCUT2D eigenvalue weighted by Gasteiger charge is -2.26. The monoisotopic (exact) mass is 155 g/mol. The standard InChI is InChI=1S/C9H17NO/c1-3-7(2)4-9(11)8-5-10-6-8/h7-8,10H,3-6H2,1-2H3. The van der Waals surface area contributed by atoms with Gasteiger partial charge in [-0.05, 0) is 5.92 Å². The molecule has 1 atom stereocenters. The van der Waals surface area contributed by atoms with Crippen molar-refractivity contribution in [1.29, 1.82) is 0 Å². The second-order valence-electron chi connectivity index (χ2n) is 3.54. The zero-order chi connectivity index (χ0) is 8.27. The first-order chi connectivity index (χ1) is 5.24. The van der Waals surface area contributed by atoms with Crippen molar-refractivity contribution in [3.8, 4) is 0 Å². The largest absolute Gasteiger partial charge is 0.315 e. The highest BCUT2D eigenvalue weighted by Gasteiger charge is 2.24. The molecule has 1 heterocycles. The average Bonchev–Trinajstić information content (AvgIpc) is 1.83. The molecule has 1 aliphatic rings. The Balaban J connectivity index is 2.19. The number of Topliss-reactive ketones (excluding diaryl/α,β-unsaturated/α-hetero) is 1. The Morgan fingerprint density at radius 2 is 2.27 bits per heavy atom. The van der Waals surface area contributed by atoms with E-state index in [2.05, 4.69) is 19.2 Å². The van der Waals surface area contributed by atoms with Gasteiger partial charge in [-0.15, -0.1) is 0 Å². The number of hydrogen-bond donors (Lipinski definition) is 1. The van der Waals surface area contributed by atoms with Crippen LogP contribution in [-0.4, -0.2) is 18.9 Å². The minimum atomic E-state index is 0.337. The Labute approximate surface area is 68.4 Å². The molecule has 2 nitrogen and oxygen atoms in total. The van der Waals surface area contributed by atoms with E-state index in [1.807, 2.05) is 0 Å². The van der Waals surface area contributed by atoms with Crippen LogP contribution in [0.25, 0.3) is 0 Å². The van der Waals surface area contributed by atoms with Gasteiger partial charge in [-0.1, -0.05) is 20.3 Å². The zero-order valence-electron chi connectivity index (χ0n) is 7.39. The summed E-state index contributed by atoms with van der Waals surface area (Å²) < 4.78 is 0. The minimum absolute atomic E-state index is 0.337. The Hall–Kier alpha value is -0.370. The summed E-state index contributed by atoms with van der Waals surface area (Å²) in [4.78, 5) is 11.4. The molecule has 2 heteroatoms. The molecule has 11 heavy (non-hydrogen) atoms. The van der Waals surface area contributed by atoms with E-state index in [-0.39, 0.29) is 0 Å². The molecule has 0 radical (unpaired) electrons. The highest BCUT2D eigenvalue weighted by molar-refractivity contribution is 5.82. The van der Waals surface area contributed by atoms with E-state index < -0.39 is 0 Å². The zero-order valence-corrected chi connectivity index (χ0v) is 7.39. The van der Waals surface area contributed by atoms with Gasteiger partial charge >= 0.3 is 0 Å². The van der Waals surface area contributed by atoms with E-state index in [4.69, 9.17) is 0 Å². The summed E-state index contributed by atoms with van der Waals surface area (Å²) >= 11 is 0. The molecule has 1 rings (SSSR count). The van der Waals surface area contributed by atoms with Crippen molar-refractivity contribution in [1.82, 2.24) is 5.32 Å². The third-order valence-electron chi connectivity index (χ3n) is 2.48. The van der Waals surface area contributed by atoms with Crippen LogP contribution in [0.1, 0.15) is 26.7 Å². The number of carbonyl (C=O) groups excluding carboxylic acids is 1. The first-order valence-electron chi connectivity index (χ1n) is 4.47. The fraction of sp³-hybridized carbons (Fsp3) is 0.889. The summed E-state index contributed by atoms with van der Waals surface area (Å²) in [5.41, 5.74) is 0. The molecule has 0 saturated carbocycles. The van der Waals surface area contributed by atoms with Crippen LogP contribution < -0.4 is 5.32 Å². The summed E-state index contributed by atoms with van der Waals surface area (Å²) in [6.45, 7) is 6.10. The van der Waals surface area contributed by atoms with Crippen molar-refractivity contribution in [3.63, 3.8) is 0 Å². The topological polar surface area (TPSA) is 29.1 Å². The molecule has 0 aromatic rings. The number of nitrogens with one attached hydrogen (secondary N) is 1. The molecule has 1 unspecified atom stereocenters. The SMILES string of the molecule is CCC(C)CC(=O)C1CNC1. The van der Waals surface area contributed by atoms with Gasteiger partial charge in [0.2, 0.25) is 0 Å². The van der Waals surface area contributed by atoms with Gasteiger partial charge in [-0.25, -0.2) is 0 Å². The molecule has 0 amide bonds. The Kier molecular flexibility index (Phi) is 3.06. The maximum atomic E-state index is 11.4. The predicted molar refractivity (Wildman–Crippen MR) is 45.4 cm³/mol. The molecule has 1 aliphatic heterocycles. The molecule has 0 aromatic heterocycles. The third kappa shape index (κ3) is 2.29. The fourth-order valence-corrected chi connectivity index (χ4v) is 1.17. The minimum Gasteiger partial charge on any atom is -0.315 e. The third-order valence-corrected chi connectivity index (χ3v) is 2.48. The maximum absolute atomic E-state index is 11.4. The van der Waals surface area contributed by atoms with Gasteiger partial charge in [0.25, 0.3) is 0 Å². The number of hydrogen-bond acceptors (Lipinski definition) is 2. The molecule has 0 aliphatic carbocycles. The van der Waals surface area contributed by atoms with E-state index >= 15 is 0 Å². The quantitative estimate of drug-likeness (QED) is 0.661. The van der Waals surface area contributed by atoms with Gasteiger partial charge in [0.05, 0.1) is 0 Å². The number of ketones is 1. The molecular formula is C9H17NO. The lowest BCUT2D eigenvalue weighted by Crippen LogP contribution is -2.46. The number of carbonyl (C=O) groups is 1. The van der Waals surface area contributed by atoms with Gasteiger partial charge in [0.15, 0.2) is 0 Å². The Morgan fingerprint density at radius 3 is 2.64 bits per heavy atom. The Morgan fingerprint density at radius 1 is 1.64 bits per heavy atom. The lowest BCUT2D eigenvalue weighted by atomic mass is 9.90. The first kappa shape index (κ1) is 8.72. The van der Waals surface area contributed by atoms with Gasteiger partial charge in [0, 0.05) is 25.4 Å². The van der Waals surface area contributed by atoms with Crippen LogP contribution in [0, 0.1) is 11.8 Å². The normalized spacial score (nSPS) is 20.9. The lowest BCUT2D eigenvalue weighted by molar-refractivity contribution is -0.125. The van der Waals surface area contributed by atoms with Crippen molar-refractivity contribution in [3.05, 3.63) is 0 Å². The van der Waals surface area contributed by atoms with Crippen molar-refractivity contribution in [2.45, 2.75) is 26.7 Å². The van der Waals surface area contributed by atoms with Crippen LogP contribution in [0.4, 0.5) is 0 Å². The molecule has 1 saturated heterocycles. The second kappa shape index (κ2) is 3.86. The van der Waals surface area contributed by atoms with Gasteiger partial charge in [0.1, 0.15) is 5.78 Å². The van der Waals surface area contributed by atoms with Gasteiger partial charge < -0.3 is 5.32 Å². The second-order valence-corrected chi connectivity index (χ2v) is 3.54. The molecule has 1 fully saturated rings. The van der Waals surface area contributed by atoms with Crippen LogP contribution in [-0.2, 0) is 4.79 Å². The molecular weight excluding hydrogens is 138 g/mol. The molecule has 1 N–H and O–H groups in total. The molecule has 0 spiro atoms. The highest BCUT2D eigenvalue weighted by atomic mass is 16.1. The van der Waals surface area contributed by atoms with Gasteiger partial charge in [-0.2, -0.15) is 0 Å².